The van der Waals surface area contributed by atoms with Crippen molar-refractivity contribution in [3.05, 3.63) is 23.5 Å². The summed E-state index contributed by atoms with van der Waals surface area (Å²) < 4.78 is 10.1. The molecule has 12 heavy (non-hydrogen) atoms. The van der Waals surface area contributed by atoms with Gasteiger partial charge in [0.1, 0.15) is 0 Å². The number of nitrogen functional groups attached to an aromatic ring is 1. The van der Waals surface area contributed by atoms with E-state index >= 15 is 0 Å². The first-order valence-corrected chi connectivity index (χ1v) is 3.60. The molecule has 0 amide bonds. The molecule has 62 valence electrons. The van der Waals surface area contributed by atoms with E-state index in [-0.39, 0.29) is 6.01 Å². The molecular formula is C7H5ClN2O2. The van der Waals surface area contributed by atoms with Crippen LogP contribution in [0, 0.1) is 0 Å². The average molecular weight is 185 g/mol. The average Bonchev–Trinajstić information content (AvgIpc) is 2.58. The van der Waals surface area contributed by atoms with Gasteiger partial charge in [0, 0.05) is 0 Å². The highest BCUT2D eigenvalue weighted by molar-refractivity contribution is 6.28. The summed E-state index contributed by atoms with van der Waals surface area (Å²) in [5.41, 5.74) is 5.27. The predicted octanol–water partition coefficient (Wildman–Crippen LogP) is 2.17. The molecular weight excluding hydrogens is 180 g/mol. The van der Waals surface area contributed by atoms with Gasteiger partial charge in [-0.2, -0.15) is 0 Å². The first kappa shape index (κ1) is 7.24. The third-order valence-electron chi connectivity index (χ3n) is 1.34. The van der Waals surface area contributed by atoms with Crippen LogP contribution in [0.4, 0.5) is 6.01 Å². The van der Waals surface area contributed by atoms with E-state index < -0.39 is 0 Å². The Morgan fingerprint density at radius 2 is 2.08 bits per heavy atom. The number of nitrogens with two attached hydrogens (primary N) is 1. The lowest BCUT2D eigenvalue weighted by atomic mass is 10.4. The summed E-state index contributed by atoms with van der Waals surface area (Å²) in [5.74, 6) is 0.989. The third-order valence-corrected chi connectivity index (χ3v) is 1.54. The molecule has 2 rings (SSSR count). The molecule has 0 spiro atoms. The summed E-state index contributed by atoms with van der Waals surface area (Å²) in [4.78, 5) is 3.71. The molecule has 0 saturated heterocycles. The van der Waals surface area contributed by atoms with Gasteiger partial charge < -0.3 is 14.6 Å². The minimum Gasteiger partial charge on any atom is -0.441 e. The number of anilines is 1. The maximum atomic E-state index is 5.56. The van der Waals surface area contributed by atoms with E-state index in [1.165, 1.54) is 6.20 Å². The maximum absolute atomic E-state index is 5.56. The summed E-state index contributed by atoms with van der Waals surface area (Å²) in [6, 6.07) is 3.41. The molecule has 2 heterocycles. The van der Waals surface area contributed by atoms with Gasteiger partial charge in [-0.15, -0.1) is 0 Å². The second-order valence-corrected chi connectivity index (χ2v) is 2.54. The first-order chi connectivity index (χ1) is 5.75. The van der Waals surface area contributed by atoms with Crippen LogP contribution in [0.5, 0.6) is 0 Å². The van der Waals surface area contributed by atoms with E-state index in [1.54, 1.807) is 12.1 Å². The van der Waals surface area contributed by atoms with Crippen LogP contribution in [0.15, 0.2) is 27.2 Å². The topological polar surface area (TPSA) is 65.2 Å². The number of rotatable bonds is 1. The van der Waals surface area contributed by atoms with E-state index in [9.17, 15) is 0 Å². The number of oxazole rings is 1. The fraction of sp³-hybridized carbons (Fsp3) is 0. The highest BCUT2D eigenvalue weighted by Gasteiger charge is 2.07. The summed E-state index contributed by atoms with van der Waals surface area (Å²) in [6.07, 6.45) is 1.48. The van der Waals surface area contributed by atoms with Gasteiger partial charge in [0.2, 0.25) is 0 Å². The molecule has 5 heteroatoms. The van der Waals surface area contributed by atoms with Gasteiger partial charge in [0.25, 0.3) is 6.01 Å². The standard InChI is InChI=1S/C7H5ClN2O2/c8-6-2-1-4(11-6)5-3-10-7(9)12-5/h1-3H,(H2,9,10). The Balaban J connectivity index is 2.43. The van der Waals surface area contributed by atoms with E-state index in [4.69, 9.17) is 26.2 Å². The molecule has 0 radical (unpaired) electrons. The first-order valence-electron chi connectivity index (χ1n) is 3.23. The van der Waals surface area contributed by atoms with Crippen LogP contribution in [0.1, 0.15) is 0 Å². The van der Waals surface area contributed by atoms with Crippen molar-refractivity contribution in [3.8, 4) is 11.5 Å². The van der Waals surface area contributed by atoms with Gasteiger partial charge in [-0.3, -0.25) is 0 Å². The number of aromatic nitrogens is 1. The van der Waals surface area contributed by atoms with Crippen molar-refractivity contribution in [1.29, 1.82) is 0 Å². The van der Waals surface area contributed by atoms with Gasteiger partial charge >= 0.3 is 0 Å². The van der Waals surface area contributed by atoms with E-state index in [2.05, 4.69) is 4.98 Å². The fourth-order valence-electron chi connectivity index (χ4n) is 0.848. The zero-order chi connectivity index (χ0) is 8.55. The van der Waals surface area contributed by atoms with Crippen LogP contribution in [0.25, 0.3) is 11.5 Å². The number of hydrogen-bond donors (Lipinski definition) is 1. The molecule has 0 bridgehead atoms. The zero-order valence-electron chi connectivity index (χ0n) is 5.95. The van der Waals surface area contributed by atoms with Crippen LogP contribution in [-0.4, -0.2) is 4.98 Å². The molecule has 0 aliphatic carbocycles. The Hall–Kier alpha value is -1.42. The molecule has 4 nitrogen and oxygen atoms in total. The summed E-state index contributed by atoms with van der Waals surface area (Å²) in [7, 11) is 0. The number of nitrogens with zero attached hydrogens (tertiary/aromatic N) is 1. The van der Waals surface area contributed by atoms with E-state index in [1.807, 2.05) is 0 Å². The zero-order valence-corrected chi connectivity index (χ0v) is 6.71. The van der Waals surface area contributed by atoms with Crippen molar-refractivity contribution in [2.45, 2.75) is 0 Å². The largest absolute Gasteiger partial charge is 0.441 e. The number of furan rings is 1. The molecule has 0 unspecified atom stereocenters. The minimum atomic E-state index is 0.109. The maximum Gasteiger partial charge on any atom is 0.292 e. The SMILES string of the molecule is Nc1ncc(-c2ccc(Cl)o2)o1. The Bertz CT molecular complexity index is 355. The van der Waals surface area contributed by atoms with Crippen LogP contribution in [-0.2, 0) is 0 Å². The highest BCUT2D eigenvalue weighted by Crippen LogP contribution is 2.25. The van der Waals surface area contributed by atoms with Gasteiger partial charge in [0.15, 0.2) is 16.7 Å². The van der Waals surface area contributed by atoms with E-state index in [0.29, 0.717) is 16.7 Å². The van der Waals surface area contributed by atoms with Crippen LogP contribution in [0.2, 0.25) is 5.22 Å². The molecule has 0 aliphatic rings. The van der Waals surface area contributed by atoms with Gasteiger partial charge in [-0.25, -0.2) is 4.98 Å². The molecule has 0 aliphatic heterocycles. The van der Waals surface area contributed by atoms with Crippen molar-refractivity contribution in [3.63, 3.8) is 0 Å². The molecule has 2 aromatic heterocycles. The smallest absolute Gasteiger partial charge is 0.292 e. The van der Waals surface area contributed by atoms with Crippen LogP contribution >= 0.6 is 11.6 Å². The van der Waals surface area contributed by atoms with Crippen molar-refractivity contribution < 1.29 is 8.83 Å². The molecule has 0 fully saturated rings. The Kier molecular flexibility index (Phi) is 1.55. The second-order valence-electron chi connectivity index (χ2n) is 2.17. The van der Waals surface area contributed by atoms with Crippen LogP contribution in [0.3, 0.4) is 0 Å². The summed E-state index contributed by atoms with van der Waals surface area (Å²) in [5, 5.41) is 0.306. The van der Waals surface area contributed by atoms with Gasteiger partial charge in [-0.1, -0.05) is 0 Å². The van der Waals surface area contributed by atoms with Crippen molar-refractivity contribution in [1.82, 2.24) is 4.98 Å². The molecule has 0 atom stereocenters. The Morgan fingerprint density at radius 1 is 1.25 bits per heavy atom. The third kappa shape index (κ3) is 1.16. The summed E-state index contributed by atoms with van der Waals surface area (Å²) >= 11 is 5.56. The summed E-state index contributed by atoms with van der Waals surface area (Å²) in [6.45, 7) is 0. The molecule has 0 aromatic carbocycles. The quantitative estimate of drug-likeness (QED) is 0.738. The molecule has 2 aromatic rings. The minimum absolute atomic E-state index is 0.109. The van der Waals surface area contributed by atoms with Crippen LogP contribution < -0.4 is 5.73 Å². The molecule has 0 saturated carbocycles. The van der Waals surface area contributed by atoms with Gasteiger partial charge in [-0.05, 0) is 23.7 Å². The van der Waals surface area contributed by atoms with Crippen molar-refractivity contribution in [2.24, 2.45) is 0 Å². The second kappa shape index (κ2) is 2.57. The normalized spacial score (nSPS) is 10.4. The Labute approximate surface area is 72.9 Å². The fourth-order valence-corrected chi connectivity index (χ4v) is 0.994. The van der Waals surface area contributed by atoms with Crippen molar-refractivity contribution in [2.75, 3.05) is 5.73 Å². The van der Waals surface area contributed by atoms with E-state index in [0.717, 1.165) is 0 Å². The lowest BCUT2D eigenvalue weighted by Crippen LogP contribution is -1.79. The predicted molar refractivity (Wildman–Crippen MR) is 43.6 cm³/mol. The lowest BCUT2D eigenvalue weighted by molar-refractivity contribution is 0.532. The Morgan fingerprint density at radius 3 is 2.58 bits per heavy atom. The van der Waals surface area contributed by atoms with Gasteiger partial charge in [0.05, 0.1) is 6.20 Å². The monoisotopic (exact) mass is 184 g/mol. The number of halogens is 1. The lowest BCUT2D eigenvalue weighted by Gasteiger charge is -1.85. The van der Waals surface area contributed by atoms with Crippen molar-refractivity contribution >= 4 is 17.6 Å². The molecule has 2 N–H and O–H groups in total. The highest BCUT2D eigenvalue weighted by atomic mass is 35.5. The number of hydrogen-bond acceptors (Lipinski definition) is 4.